The van der Waals surface area contributed by atoms with Gasteiger partial charge in [0.1, 0.15) is 17.7 Å². The summed E-state index contributed by atoms with van der Waals surface area (Å²) >= 11 is 0. The molecule has 0 unspecified atom stereocenters. The van der Waals surface area contributed by atoms with Crippen LogP contribution in [0.5, 0.6) is 5.75 Å². The van der Waals surface area contributed by atoms with E-state index in [9.17, 15) is 14.0 Å². The number of hydrogen-bond acceptors (Lipinski definition) is 4. The fourth-order valence-electron chi connectivity index (χ4n) is 4.56. The maximum atomic E-state index is 13.3. The molecule has 2 saturated heterocycles. The van der Waals surface area contributed by atoms with Crippen LogP contribution in [0.4, 0.5) is 4.39 Å². The molecule has 2 aromatic rings. The van der Waals surface area contributed by atoms with Crippen molar-refractivity contribution in [2.24, 2.45) is 5.92 Å². The predicted octanol–water partition coefficient (Wildman–Crippen LogP) is 3.35. The Bertz CT molecular complexity index is 924. The van der Waals surface area contributed by atoms with Crippen LogP contribution in [0.15, 0.2) is 36.7 Å². The molecule has 172 valence electrons. The number of carbonyl (C=O) groups is 2. The van der Waals surface area contributed by atoms with Crippen LogP contribution < -0.4 is 4.74 Å². The lowest BCUT2D eigenvalue weighted by Gasteiger charge is -2.39. The first-order valence-corrected chi connectivity index (χ1v) is 11.5. The van der Waals surface area contributed by atoms with Crippen LogP contribution in [0.25, 0.3) is 0 Å². The molecule has 32 heavy (non-hydrogen) atoms. The Balaban J connectivity index is 1.47. The summed E-state index contributed by atoms with van der Waals surface area (Å²) in [4.78, 5) is 29.8. The molecule has 0 spiro atoms. The van der Waals surface area contributed by atoms with Gasteiger partial charge in [-0.25, -0.2) is 4.39 Å². The minimum Gasteiger partial charge on any atom is -0.490 e. The minimum atomic E-state index is -0.317. The van der Waals surface area contributed by atoms with Gasteiger partial charge in [-0.05, 0) is 50.5 Å². The largest absolute Gasteiger partial charge is 0.490 e. The normalized spacial score (nSPS) is 21.4. The van der Waals surface area contributed by atoms with Gasteiger partial charge in [0.2, 0.25) is 5.91 Å². The van der Waals surface area contributed by atoms with Crippen LogP contribution in [0.3, 0.4) is 0 Å². The number of nitrogens with zero attached hydrogens (tertiary/aromatic N) is 4. The number of piperidine rings is 2. The molecule has 8 heteroatoms. The van der Waals surface area contributed by atoms with Crippen molar-refractivity contribution in [2.75, 3.05) is 26.2 Å². The van der Waals surface area contributed by atoms with Crippen LogP contribution in [-0.4, -0.2) is 63.7 Å². The zero-order valence-electron chi connectivity index (χ0n) is 18.6. The average molecular weight is 443 g/mol. The van der Waals surface area contributed by atoms with E-state index in [-0.39, 0.29) is 29.7 Å². The van der Waals surface area contributed by atoms with Crippen molar-refractivity contribution in [1.29, 1.82) is 0 Å². The SMILES string of the molecule is CCn1cc(C(=O)N2CC[C@H](Oc3ccc(F)cc3)[C@@H](CC(=O)N3CCCCC3)C2)cn1. The monoisotopic (exact) mass is 442 g/mol. The Morgan fingerprint density at radius 3 is 2.53 bits per heavy atom. The third kappa shape index (κ3) is 5.29. The summed E-state index contributed by atoms with van der Waals surface area (Å²) in [5, 5.41) is 4.21. The van der Waals surface area contributed by atoms with E-state index in [1.54, 1.807) is 34.1 Å². The van der Waals surface area contributed by atoms with E-state index in [0.717, 1.165) is 32.4 Å². The molecule has 2 fully saturated rings. The van der Waals surface area contributed by atoms with Crippen molar-refractivity contribution >= 4 is 11.8 Å². The molecular formula is C24H31FN4O3. The van der Waals surface area contributed by atoms with Crippen molar-refractivity contribution in [3.63, 3.8) is 0 Å². The molecule has 7 nitrogen and oxygen atoms in total. The summed E-state index contributed by atoms with van der Waals surface area (Å²) in [5.74, 6) is 0.183. The van der Waals surface area contributed by atoms with Gasteiger partial charge in [0.15, 0.2) is 0 Å². The van der Waals surface area contributed by atoms with Gasteiger partial charge in [-0.2, -0.15) is 5.10 Å². The van der Waals surface area contributed by atoms with E-state index in [1.807, 2.05) is 11.8 Å². The molecule has 2 aliphatic heterocycles. The third-order valence-corrected chi connectivity index (χ3v) is 6.40. The van der Waals surface area contributed by atoms with Gasteiger partial charge < -0.3 is 14.5 Å². The lowest BCUT2D eigenvalue weighted by molar-refractivity contribution is -0.134. The Kier molecular flexibility index (Phi) is 7.07. The lowest BCUT2D eigenvalue weighted by atomic mass is 9.90. The lowest BCUT2D eigenvalue weighted by Crippen LogP contribution is -2.49. The first-order chi connectivity index (χ1) is 15.5. The summed E-state index contributed by atoms with van der Waals surface area (Å²) in [5.41, 5.74) is 0.561. The van der Waals surface area contributed by atoms with Crippen LogP contribution >= 0.6 is 0 Å². The maximum absolute atomic E-state index is 13.3. The standard InChI is InChI=1S/C24H31FN4O3/c1-2-29-17-19(15-26-29)24(31)28-13-10-22(32-21-8-6-20(25)7-9-21)18(16-28)14-23(30)27-11-4-3-5-12-27/h6-9,15,17-18,22H,2-5,10-14,16H2,1H3/t18-,22-/m0/s1. The molecule has 1 aromatic carbocycles. The molecule has 2 aliphatic rings. The van der Waals surface area contributed by atoms with Crippen LogP contribution in [0, 0.1) is 11.7 Å². The van der Waals surface area contributed by atoms with Gasteiger partial charge in [0.25, 0.3) is 5.91 Å². The highest BCUT2D eigenvalue weighted by Crippen LogP contribution is 2.28. The second-order valence-electron chi connectivity index (χ2n) is 8.64. The first kappa shape index (κ1) is 22.3. The second-order valence-corrected chi connectivity index (χ2v) is 8.64. The average Bonchev–Trinajstić information content (AvgIpc) is 3.31. The molecule has 2 amide bonds. The van der Waals surface area contributed by atoms with Crippen molar-refractivity contribution in [1.82, 2.24) is 19.6 Å². The Labute approximate surface area is 188 Å². The number of aromatic nitrogens is 2. The molecule has 4 rings (SSSR count). The van der Waals surface area contributed by atoms with E-state index in [4.69, 9.17) is 4.74 Å². The summed E-state index contributed by atoms with van der Waals surface area (Å²) in [6, 6.07) is 5.95. The van der Waals surface area contributed by atoms with Crippen molar-refractivity contribution < 1.29 is 18.7 Å². The van der Waals surface area contributed by atoms with Crippen molar-refractivity contribution in [3.8, 4) is 5.75 Å². The Hall–Kier alpha value is -2.90. The number of likely N-dealkylation sites (tertiary alicyclic amines) is 2. The number of ether oxygens (including phenoxy) is 1. The van der Waals surface area contributed by atoms with E-state index in [0.29, 0.717) is 43.8 Å². The topological polar surface area (TPSA) is 67.7 Å². The Morgan fingerprint density at radius 1 is 1.09 bits per heavy atom. The van der Waals surface area contributed by atoms with Crippen LogP contribution in [-0.2, 0) is 11.3 Å². The number of hydrogen-bond donors (Lipinski definition) is 0. The van der Waals surface area contributed by atoms with Crippen LogP contribution in [0.1, 0.15) is 49.4 Å². The Morgan fingerprint density at radius 2 is 1.84 bits per heavy atom. The van der Waals surface area contributed by atoms with E-state index >= 15 is 0 Å². The number of rotatable bonds is 6. The molecule has 0 N–H and O–H groups in total. The smallest absolute Gasteiger partial charge is 0.257 e. The third-order valence-electron chi connectivity index (χ3n) is 6.40. The van der Waals surface area contributed by atoms with E-state index in [1.165, 1.54) is 12.1 Å². The highest BCUT2D eigenvalue weighted by atomic mass is 19.1. The first-order valence-electron chi connectivity index (χ1n) is 11.5. The highest BCUT2D eigenvalue weighted by Gasteiger charge is 2.36. The van der Waals surface area contributed by atoms with E-state index in [2.05, 4.69) is 5.10 Å². The van der Waals surface area contributed by atoms with Gasteiger partial charge in [-0.3, -0.25) is 14.3 Å². The minimum absolute atomic E-state index is 0.0691. The summed E-state index contributed by atoms with van der Waals surface area (Å²) in [6.45, 7) is 5.26. The fourth-order valence-corrected chi connectivity index (χ4v) is 4.56. The summed E-state index contributed by atoms with van der Waals surface area (Å²) in [6.07, 6.45) is 7.34. The highest BCUT2D eigenvalue weighted by molar-refractivity contribution is 5.93. The van der Waals surface area contributed by atoms with Crippen molar-refractivity contribution in [3.05, 3.63) is 48.0 Å². The zero-order valence-corrected chi connectivity index (χ0v) is 18.6. The van der Waals surface area contributed by atoms with Gasteiger partial charge in [0, 0.05) is 57.7 Å². The molecule has 1 aromatic heterocycles. The summed E-state index contributed by atoms with van der Waals surface area (Å²) < 4.78 is 21.2. The zero-order chi connectivity index (χ0) is 22.5. The van der Waals surface area contributed by atoms with Crippen LogP contribution in [0.2, 0.25) is 0 Å². The number of amides is 2. The summed E-state index contributed by atoms with van der Waals surface area (Å²) in [7, 11) is 0. The molecule has 2 atom stereocenters. The molecule has 3 heterocycles. The van der Waals surface area contributed by atoms with Gasteiger partial charge in [0.05, 0.1) is 11.8 Å². The van der Waals surface area contributed by atoms with Gasteiger partial charge in [-0.15, -0.1) is 0 Å². The number of halogens is 1. The molecule has 0 saturated carbocycles. The number of carbonyl (C=O) groups excluding carboxylic acids is 2. The van der Waals surface area contributed by atoms with E-state index < -0.39 is 0 Å². The molecule has 0 bridgehead atoms. The molecular weight excluding hydrogens is 411 g/mol. The van der Waals surface area contributed by atoms with Gasteiger partial charge >= 0.3 is 0 Å². The number of aryl methyl sites for hydroxylation is 1. The maximum Gasteiger partial charge on any atom is 0.257 e. The predicted molar refractivity (Wildman–Crippen MR) is 118 cm³/mol. The fraction of sp³-hybridized carbons (Fsp3) is 0.542. The number of benzene rings is 1. The van der Waals surface area contributed by atoms with Gasteiger partial charge in [-0.1, -0.05) is 0 Å². The molecule has 0 radical (unpaired) electrons. The molecule has 0 aliphatic carbocycles. The van der Waals surface area contributed by atoms with Crippen molar-refractivity contribution in [2.45, 2.75) is 51.7 Å². The second kappa shape index (κ2) is 10.1. The quantitative estimate of drug-likeness (QED) is 0.688.